The first kappa shape index (κ1) is 15.4. The molecule has 0 bridgehead atoms. The molecular weight excluding hydrogens is 278 g/mol. The molecule has 1 aromatic heterocycles. The number of nitrogens with one attached hydrogen (secondary N) is 1. The van der Waals surface area contributed by atoms with Gasteiger partial charge in [0.25, 0.3) is 5.56 Å². The second kappa shape index (κ2) is 6.49. The van der Waals surface area contributed by atoms with Gasteiger partial charge in [0.2, 0.25) is 0 Å². The van der Waals surface area contributed by atoms with E-state index in [0.29, 0.717) is 4.57 Å². The lowest BCUT2D eigenvalue weighted by molar-refractivity contribution is 0.0132. The fraction of sp³-hybridized carbons (Fsp3) is 0.500. The molecule has 19 heavy (non-hydrogen) atoms. The van der Waals surface area contributed by atoms with Crippen molar-refractivity contribution in [1.82, 2.24) is 9.55 Å². The number of aromatic amines is 1. The summed E-state index contributed by atoms with van der Waals surface area (Å²) < 4.78 is 0.702. The number of H-pyrrole nitrogens is 1. The van der Waals surface area contributed by atoms with Crippen molar-refractivity contribution < 1.29 is 15.3 Å². The summed E-state index contributed by atoms with van der Waals surface area (Å²) in [6.07, 6.45) is -2.21. The molecule has 0 aliphatic heterocycles. The molecule has 0 aliphatic carbocycles. The van der Waals surface area contributed by atoms with Gasteiger partial charge in [0, 0.05) is 12.3 Å². The fourth-order valence-corrected chi connectivity index (χ4v) is 1.71. The number of aliphatic hydroxyl groups is 3. The zero-order chi connectivity index (χ0) is 14.6. The number of hydrogen-bond acceptors (Lipinski definition) is 6. The topological polar surface area (TPSA) is 139 Å². The lowest BCUT2D eigenvalue weighted by Crippen LogP contribution is -2.41. The van der Waals surface area contributed by atoms with Crippen LogP contribution in [0.2, 0.25) is 0 Å². The molecule has 104 valence electrons. The van der Waals surface area contributed by atoms with E-state index in [4.69, 9.17) is 22.0 Å². The first-order valence-electron chi connectivity index (χ1n) is 5.24. The van der Waals surface area contributed by atoms with Crippen LogP contribution in [0.4, 0.5) is 0 Å². The van der Waals surface area contributed by atoms with Crippen LogP contribution in [0.5, 0.6) is 0 Å². The summed E-state index contributed by atoms with van der Waals surface area (Å²) >= 11 is 5.77. The van der Waals surface area contributed by atoms with E-state index in [-0.39, 0.29) is 0 Å². The van der Waals surface area contributed by atoms with E-state index in [9.17, 15) is 19.8 Å². The predicted octanol–water partition coefficient (Wildman–Crippen LogP) is -1.87. The van der Waals surface area contributed by atoms with E-state index < -0.39 is 41.5 Å². The van der Waals surface area contributed by atoms with E-state index in [0.717, 1.165) is 12.3 Å². The largest absolute Gasteiger partial charge is 0.395 e. The van der Waals surface area contributed by atoms with Crippen molar-refractivity contribution in [2.75, 3.05) is 6.61 Å². The Bertz CT molecular complexity index is 578. The molecule has 8 nitrogen and oxygen atoms in total. The van der Waals surface area contributed by atoms with Crippen molar-refractivity contribution in [2.24, 2.45) is 5.92 Å². The third kappa shape index (κ3) is 3.42. The predicted molar refractivity (Wildman–Crippen MR) is 64.4 cm³/mol. The van der Waals surface area contributed by atoms with Crippen molar-refractivity contribution >= 4 is 11.6 Å². The van der Waals surface area contributed by atoms with Gasteiger partial charge in [-0.1, -0.05) is 0 Å². The van der Waals surface area contributed by atoms with E-state index in [1.165, 1.54) is 0 Å². The Morgan fingerprint density at radius 3 is 2.58 bits per heavy atom. The zero-order valence-electron chi connectivity index (χ0n) is 9.60. The average molecular weight is 290 g/mol. The van der Waals surface area contributed by atoms with Crippen LogP contribution in [-0.2, 0) is 0 Å². The molecule has 1 heterocycles. The van der Waals surface area contributed by atoms with Crippen molar-refractivity contribution in [3.05, 3.63) is 33.1 Å². The molecule has 1 rings (SSSR count). The van der Waals surface area contributed by atoms with Gasteiger partial charge < -0.3 is 15.3 Å². The SMILES string of the molecule is N#C[C@@H](CO)[C@@H](O)[C@@H](Cl)[C@H](O)n1ccc(=O)[nH]c1=O. The molecule has 1 aromatic rings. The van der Waals surface area contributed by atoms with Crippen LogP contribution >= 0.6 is 11.6 Å². The smallest absolute Gasteiger partial charge is 0.330 e. The molecule has 0 aliphatic rings. The Morgan fingerprint density at radius 2 is 2.11 bits per heavy atom. The molecule has 0 unspecified atom stereocenters. The molecular formula is C10H12ClN3O5. The molecule has 4 atom stereocenters. The zero-order valence-corrected chi connectivity index (χ0v) is 10.4. The molecule has 4 N–H and O–H groups in total. The van der Waals surface area contributed by atoms with Crippen molar-refractivity contribution in [1.29, 1.82) is 5.26 Å². The number of nitriles is 1. The normalized spacial score (nSPS) is 17.2. The van der Waals surface area contributed by atoms with Gasteiger partial charge in [-0.15, -0.1) is 11.6 Å². The minimum absolute atomic E-state index is 0.645. The van der Waals surface area contributed by atoms with Crippen LogP contribution in [0.15, 0.2) is 21.9 Å². The Hall–Kier alpha value is -1.66. The van der Waals surface area contributed by atoms with E-state index in [2.05, 4.69) is 0 Å². The molecule has 0 amide bonds. The highest BCUT2D eigenvalue weighted by Crippen LogP contribution is 2.20. The van der Waals surface area contributed by atoms with Gasteiger partial charge in [-0.3, -0.25) is 14.3 Å². The fourth-order valence-electron chi connectivity index (χ4n) is 1.41. The summed E-state index contributed by atoms with van der Waals surface area (Å²) in [6.45, 7) is -0.645. The molecule has 0 saturated carbocycles. The Morgan fingerprint density at radius 1 is 1.47 bits per heavy atom. The number of alkyl halides is 1. The molecule has 0 fully saturated rings. The Balaban J connectivity index is 3.00. The number of aliphatic hydroxyl groups excluding tert-OH is 3. The lowest BCUT2D eigenvalue weighted by Gasteiger charge is -2.25. The summed E-state index contributed by atoms with van der Waals surface area (Å²) in [5.74, 6) is -1.20. The van der Waals surface area contributed by atoms with Gasteiger partial charge in [0.05, 0.1) is 24.7 Å². The molecule has 0 spiro atoms. The van der Waals surface area contributed by atoms with E-state index in [1.807, 2.05) is 4.98 Å². The monoisotopic (exact) mass is 289 g/mol. The second-order valence-electron chi connectivity index (χ2n) is 3.78. The van der Waals surface area contributed by atoms with Crippen LogP contribution in [-0.4, -0.2) is 43.0 Å². The molecule has 0 radical (unpaired) electrons. The minimum Gasteiger partial charge on any atom is -0.395 e. The second-order valence-corrected chi connectivity index (χ2v) is 4.29. The van der Waals surface area contributed by atoms with Gasteiger partial charge in [0.15, 0.2) is 6.23 Å². The standard InChI is InChI=1S/C10H12ClN3O5/c11-7(8(17)5(3-12)4-15)9(18)14-2-1-6(16)13-10(14)19/h1-2,5,7-9,15,17-18H,4H2,(H,13,16,19)/t5-,7+,8+,9-/m0/s1. The van der Waals surface area contributed by atoms with Gasteiger partial charge in [0.1, 0.15) is 5.38 Å². The Kier molecular flexibility index (Phi) is 5.26. The van der Waals surface area contributed by atoms with Crippen LogP contribution in [0.3, 0.4) is 0 Å². The highest BCUT2D eigenvalue weighted by molar-refractivity contribution is 6.21. The van der Waals surface area contributed by atoms with Crippen molar-refractivity contribution in [2.45, 2.75) is 17.7 Å². The lowest BCUT2D eigenvalue weighted by atomic mass is 10.0. The van der Waals surface area contributed by atoms with Crippen LogP contribution in [0.25, 0.3) is 0 Å². The quantitative estimate of drug-likeness (QED) is 0.468. The number of rotatable bonds is 5. The third-order valence-corrected chi connectivity index (χ3v) is 3.01. The summed E-state index contributed by atoms with van der Waals surface area (Å²) in [6, 6.07) is 2.62. The molecule has 0 saturated heterocycles. The van der Waals surface area contributed by atoms with Crippen molar-refractivity contribution in [3.63, 3.8) is 0 Å². The van der Waals surface area contributed by atoms with Gasteiger partial charge in [-0.25, -0.2) is 4.79 Å². The maximum atomic E-state index is 11.4. The maximum Gasteiger partial charge on any atom is 0.330 e. The summed E-state index contributed by atoms with van der Waals surface area (Å²) in [7, 11) is 0. The Labute approximate surface area is 112 Å². The van der Waals surface area contributed by atoms with E-state index >= 15 is 0 Å². The first-order chi connectivity index (χ1) is 8.92. The average Bonchev–Trinajstić information content (AvgIpc) is 2.38. The van der Waals surface area contributed by atoms with Crippen molar-refractivity contribution in [3.8, 4) is 6.07 Å². The minimum atomic E-state index is -1.66. The molecule has 0 aromatic carbocycles. The van der Waals surface area contributed by atoms with Crippen LogP contribution in [0, 0.1) is 17.2 Å². The highest BCUT2D eigenvalue weighted by Gasteiger charge is 2.32. The van der Waals surface area contributed by atoms with Gasteiger partial charge >= 0.3 is 5.69 Å². The number of nitrogens with zero attached hydrogens (tertiary/aromatic N) is 2. The number of hydrogen-bond donors (Lipinski definition) is 4. The summed E-state index contributed by atoms with van der Waals surface area (Å²) in [5.41, 5.74) is -1.55. The molecule has 9 heteroatoms. The van der Waals surface area contributed by atoms with Gasteiger partial charge in [-0.05, 0) is 0 Å². The first-order valence-corrected chi connectivity index (χ1v) is 5.68. The van der Waals surface area contributed by atoms with E-state index in [1.54, 1.807) is 6.07 Å². The highest BCUT2D eigenvalue weighted by atomic mass is 35.5. The third-order valence-electron chi connectivity index (χ3n) is 2.52. The van der Waals surface area contributed by atoms with Crippen LogP contribution in [0.1, 0.15) is 6.23 Å². The van der Waals surface area contributed by atoms with Gasteiger partial charge in [-0.2, -0.15) is 5.26 Å². The number of aromatic nitrogens is 2. The number of halogens is 1. The maximum absolute atomic E-state index is 11.4. The van der Waals surface area contributed by atoms with Crippen LogP contribution < -0.4 is 11.2 Å². The summed E-state index contributed by atoms with van der Waals surface area (Å²) in [4.78, 5) is 24.2. The summed E-state index contributed by atoms with van der Waals surface area (Å²) in [5, 5.41) is 35.6.